The molecule has 4 nitrogen and oxygen atoms in total. The summed E-state index contributed by atoms with van der Waals surface area (Å²) in [5, 5.41) is 0. The Kier molecular flexibility index (Phi) is 3.33. The number of rotatable bonds is 1. The molecular weight excluding hydrogens is 224 g/mol. The summed E-state index contributed by atoms with van der Waals surface area (Å²) in [6.45, 7) is 2.74. The second-order valence-corrected chi connectivity index (χ2v) is 4.99. The zero-order valence-electron chi connectivity index (χ0n) is 9.10. The number of pyridine rings is 1. The molecule has 86 valence electrons. The molecular formula is C11H14N2O2S. The van der Waals surface area contributed by atoms with Gasteiger partial charge >= 0.3 is 0 Å². The summed E-state index contributed by atoms with van der Waals surface area (Å²) in [6, 6.07) is 1.59. The maximum absolute atomic E-state index is 12.1. The van der Waals surface area contributed by atoms with E-state index in [4.69, 9.17) is 0 Å². The first-order chi connectivity index (χ1) is 7.70. The molecule has 1 aromatic rings. The number of nitrogens with zero attached hydrogens (tertiary/aromatic N) is 1. The minimum atomic E-state index is -0.214. The van der Waals surface area contributed by atoms with Gasteiger partial charge in [-0.1, -0.05) is 0 Å². The van der Waals surface area contributed by atoms with Crippen molar-refractivity contribution in [1.29, 1.82) is 0 Å². The predicted octanol–water partition coefficient (Wildman–Crippen LogP) is 0.952. The van der Waals surface area contributed by atoms with Crippen molar-refractivity contribution in [2.24, 2.45) is 0 Å². The Balaban J connectivity index is 2.25. The van der Waals surface area contributed by atoms with E-state index in [-0.39, 0.29) is 22.9 Å². The molecule has 0 radical (unpaired) electrons. The largest absolute Gasteiger partial charge is 0.367 e. The van der Waals surface area contributed by atoms with E-state index in [0.29, 0.717) is 0 Å². The van der Waals surface area contributed by atoms with E-state index >= 15 is 0 Å². The van der Waals surface area contributed by atoms with Crippen molar-refractivity contribution in [3.05, 3.63) is 34.2 Å². The number of carbonyl (C=O) groups excluding carboxylic acids is 1. The van der Waals surface area contributed by atoms with E-state index in [0.717, 1.165) is 18.1 Å². The van der Waals surface area contributed by atoms with Crippen molar-refractivity contribution in [2.75, 3.05) is 18.1 Å². The van der Waals surface area contributed by atoms with Gasteiger partial charge in [-0.2, -0.15) is 11.8 Å². The third-order valence-electron chi connectivity index (χ3n) is 2.68. The first-order valence-corrected chi connectivity index (χ1v) is 6.41. The van der Waals surface area contributed by atoms with Gasteiger partial charge in [0, 0.05) is 42.6 Å². The molecule has 16 heavy (non-hydrogen) atoms. The highest BCUT2D eigenvalue weighted by molar-refractivity contribution is 7.99. The standard InChI is InChI=1S/C11H14N2O2S/c1-8-7-16-5-4-13(8)11(15)9-6-12-3-2-10(9)14/h2-3,6,8H,4-5,7H2,1H3,(H,12,14). The molecule has 2 heterocycles. The summed E-state index contributed by atoms with van der Waals surface area (Å²) < 4.78 is 0. The smallest absolute Gasteiger partial charge is 0.259 e. The predicted molar refractivity (Wildman–Crippen MR) is 64.9 cm³/mol. The third kappa shape index (κ3) is 2.14. The van der Waals surface area contributed by atoms with Crippen LogP contribution in [0.25, 0.3) is 0 Å². The van der Waals surface area contributed by atoms with Gasteiger partial charge in [-0.15, -0.1) is 0 Å². The molecule has 2 rings (SSSR count). The summed E-state index contributed by atoms with van der Waals surface area (Å²) in [5.41, 5.74) is 0.0235. The maximum atomic E-state index is 12.1. The molecule has 5 heteroatoms. The molecule has 1 atom stereocenters. The van der Waals surface area contributed by atoms with Crippen LogP contribution in [0.15, 0.2) is 23.3 Å². The maximum Gasteiger partial charge on any atom is 0.259 e. The second kappa shape index (κ2) is 4.74. The van der Waals surface area contributed by atoms with Crippen LogP contribution in [0, 0.1) is 0 Å². The van der Waals surface area contributed by atoms with Gasteiger partial charge in [0.15, 0.2) is 5.43 Å². The molecule has 1 fully saturated rings. The summed E-state index contributed by atoms with van der Waals surface area (Å²) in [4.78, 5) is 28.2. The number of aromatic amines is 1. The van der Waals surface area contributed by atoms with Gasteiger partial charge in [-0.25, -0.2) is 0 Å². The van der Waals surface area contributed by atoms with E-state index in [1.165, 1.54) is 18.5 Å². The Bertz CT molecular complexity index is 444. The molecule has 0 spiro atoms. The van der Waals surface area contributed by atoms with Gasteiger partial charge in [0.05, 0.1) is 0 Å². The fraction of sp³-hybridized carbons (Fsp3) is 0.455. The van der Waals surface area contributed by atoms with Crippen molar-refractivity contribution in [3.63, 3.8) is 0 Å². The Hall–Kier alpha value is -1.23. The summed E-state index contributed by atoms with van der Waals surface area (Å²) in [7, 11) is 0. The van der Waals surface area contributed by atoms with Crippen molar-refractivity contribution in [3.8, 4) is 0 Å². The highest BCUT2D eigenvalue weighted by Crippen LogP contribution is 2.17. The van der Waals surface area contributed by atoms with Crippen LogP contribution in [-0.4, -0.2) is 39.9 Å². The number of carbonyl (C=O) groups is 1. The minimum Gasteiger partial charge on any atom is -0.367 e. The van der Waals surface area contributed by atoms with Crippen LogP contribution in [0.4, 0.5) is 0 Å². The molecule has 0 aromatic carbocycles. The molecule has 1 aromatic heterocycles. The molecule has 0 aliphatic carbocycles. The first-order valence-electron chi connectivity index (χ1n) is 5.26. The van der Waals surface area contributed by atoms with Crippen LogP contribution in [0.1, 0.15) is 17.3 Å². The Morgan fingerprint density at radius 2 is 2.44 bits per heavy atom. The number of hydrogen-bond acceptors (Lipinski definition) is 3. The van der Waals surface area contributed by atoms with E-state index in [1.54, 1.807) is 4.90 Å². The second-order valence-electron chi connectivity index (χ2n) is 3.84. The topological polar surface area (TPSA) is 53.2 Å². The lowest BCUT2D eigenvalue weighted by Crippen LogP contribution is -2.45. The highest BCUT2D eigenvalue weighted by atomic mass is 32.2. The number of aromatic nitrogens is 1. The van der Waals surface area contributed by atoms with Crippen molar-refractivity contribution in [2.45, 2.75) is 13.0 Å². The number of H-pyrrole nitrogens is 1. The van der Waals surface area contributed by atoms with Gasteiger partial charge in [0.2, 0.25) is 0 Å². The van der Waals surface area contributed by atoms with Gasteiger partial charge in [-0.05, 0) is 6.92 Å². The lowest BCUT2D eigenvalue weighted by Gasteiger charge is -2.32. The molecule has 1 unspecified atom stereocenters. The molecule has 1 saturated heterocycles. The van der Waals surface area contributed by atoms with Gasteiger partial charge in [-0.3, -0.25) is 9.59 Å². The Morgan fingerprint density at radius 1 is 1.62 bits per heavy atom. The lowest BCUT2D eigenvalue weighted by molar-refractivity contribution is 0.0714. The first kappa shape index (κ1) is 11.3. The van der Waals surface area contributed by atoms with E-state index < -0.39 is 0 Å². The molecule has 0 saturated carbocycles. The highest BCUT2D eigenvalue weighted by Gasteiger charge is 2.25. The van der Waals surface area contributed by atoms with Crippen LogP contribution in [0.3, 0.4) is 0 Å². The quantitative estimate of drug-likeness (QED) is 0.792. The number of nitrogens with one attached hydrogen (secondary N) is 1. The monoisotopic (exact) mass is 238 g/mol. The van der Waals surface area contributed by atoms with E-state index in [2.05, 4.69) is 4.98 Å². The Morgan fingerprint density at radius 3 is 3.12 bits per heavy atom. The molecule has 1 aliphatic heterocycles. The van der Waals surface area contributed by atoms with Gasteiger partial charge < -0.3 is 9.88 Å². The molecule has 1 amide bonds. The van der Waals surface area contributed by atoms with Gasteiger partial charge in [0.1, 0.15) is 5.56 Å². The Labute approximate surface area is 98.0 Å². The number of thioether (sulfide) groups is 1. The van der Waals surface area contributed by atoms with Crippen molar-refractivity contribution in [1.82, 2.24) is 9.88 Å². The average molecular weight is 238 g/mol. The normalized spacial score (nSPS) is 20.8. The van der Waals surface area contributed by atoms with Crippen molar-refractivity contribution >= 4 is 17.7 Å². The van der Waals surface area contributed by atoms with E-state index in [1.807, 2.05) is 18.7 Å². The van der Waals surface area contributed by atoms with Crippen LogP contribution < -0.4 is 5.43 Å². The minimum absolute atomic E-state index is 0.158. The zero-order valence-corrected chi connectivity index (χ0v) is 9.92. The van der Waals surface area contributed by atoms with E-state index in [9.17, 15) is 9.59 Å². The SMILES string of the molecule is CC1CSCCN1C(=O)c1c[nH]ccc1=O. The molecule has 1 N–H and O–H groups in total. The fourth-order valence-corrected chi connectivity index (χ4v) is 2.78. The lowest BCUT2D eigenvalue weighted by atomic mass is 10.2. The summed E-state index contributed by atoms with van der Waals surface area (Å²) in [6.07, 6.45) is 3.02. The van der Waals surface area contributed by atoms with Crippen LogP contribution in [0.2, 0.25) is 0 Å². The van der Waals surface area contributed by atoms with Crippen LogP contribution in [-0.2, 0) is 0 Å². The number of amides is 1. The third-order valence-corrected chi connectivity index (χ3v) is 3.87. The fourth-order valence-electron chi connectivity index (χ4n) is 1.77. The zero-order chi connectivity index (χ0) is 11.5. The molecule has 1 aliphatic rings. The number of hydrogen-bond donors (Lipinski definition) is 1. The van der Waals surface area contributed by atoms with Crippen LogP contribution in [0.5, 0.6) is 0 Å². The van der Waals surface area contributed by atoms with Gasteiger partial charge in [0.25, 0.3) is 5.91 Å². The molecule has 0 bridgehead atoms. The summed E-state index contributed by atoms with van der Waals surface area (Å²) in [5.74, 6) is 1.73. The average Bonchev–Trinajstić information content (AvgIpc) is 2.29. The van der Waals surface area contributed by atoms with Crippen molar-refractivity contribution < 1.29 is 4.79 Å². The summed E-state index contributed by atoms with van der Waals surface area (Å²) >= 11 is 1.84. The van der Waals surface area contributed by atoms with Crippen LogP contribution >= 0.6 is 11.8 Å².